The van der Waals surface area contributed by atoms with Crippen LogP contribution in [-0.2, 0) is 0 Å². The van der Waals surface area contributed by atoms with E-state index in [4.69, 9.17) is 0 Å². The van der Waals surface area contributed by atoms with Gasteiger partial charge in [-0.15, -0.1) is 11.3 Å². The van der Waals surface area contributed by atoms with Crippen LogP contribution in [0.4, 0.5) is 0 Å². The molecule has 0 bridgehead atoms. The first-order chi connectivity index (χ1) is 8.65. The average molecular weight is 267 g/mol. The lowest BCUT2D eigenvalue weighted by molar-refractivity contribution is 0.154. The highest BCUT2D eigenvalue weighted by Gasteiger charge is 2.13. The minimum absolute atomic E-state index is 0.483. The number of hydrogen-bond acceptors (Lipinski definition) is 4. The highest BCUT2D eigenvalue weighted by molar-refractivity contribution is 7.12. The van der Waals surface area contributed by atoms with Crippen LogP contribution in [0.3, 0.4) is 0 Å². The maximum Gasteiger partial charge on any atom is 0.0386 e. The molecule has 102 valence electrons. The first-order valence-corrected chi connectivity index (χ1v) is 7.67. The van der Waals surface area contributed by atoms with Crippen LogP contribution in [0.5, 0.6) is 0 Å². The molecule has 1 saturated heterocycles. The van der Waals surface area contributed by atoms with E-state index in [1.54, 1.807) is 0 Å². The van der Waals surface area contributed by atoms with E-state index in [9.17, 15) is 0 Å². The zero-order chi connectivity index (χ0) is 13.0. The monoisotopic (exact) mass is 267 g/mol. The summed E-state index contributed by atoms with van der Waals surface area (Å²) in [7, 11) is 2.21. The Hall–Kier alpha value is -0.420. The largest absolute Gasteiger partial charge is 0.308 e. The maximum atomic E-state index is 3.63. The van der Waals surface area contributed by atoms with Crippen molar-refractivity contribution in [3.63, 3.8) is 0 Å². The summed E-state index contributed by atoms with van der Waals surface area (Å²) in [6, 6.07) is 4.93. The summed E-state index contributed by atoms with van der Waals surface area (Å²) in [6.07, 6.45) is 0. The first kappa shape index (κ1) is 14.0. The van der Waals surface area contributed by atoms with Crippen molar-refractivity contribution in [1.82, 2.24) is 15.1 Å². The topological polar surface area (TPSA) is 18.5 Å². The van der Waals surface area contributed by atoms with Crippen LogP contribution in [-0.4, -0.2) is 56.1 Å². The lowest BCUT2D eigenvalue weighted by Gasteiger charge is -2.32. The van der Waals surface area contributed by atoms with Crippen LogP contribution in [0, 0.1) is 6.92 Å². The summed E-state index contributed by atoms with van der Waals surface area (Å²) in [4.78, 5) is 7.81. The van der Waals surface area contributed by atoms with Crippen molar-refractivity contribution >= 4 is 11.3 Å². The van der Waals surface area contributed by atoms with Crippen LogP contribution < -0.4 is 5.32 Å². The Bertz CT molecular complexity index is 356. The standard InChI is InChI=1S/C14H25N3S/c1-12-4-5-14(18-12)13(2)15-6-7-17-10-8-16(3)9-11-17/h4-5,13,15H,6-11H2,1-3H3. The van der Waals surface area contributed by atoms with Gasteiger partial charge in [0, 0.05) is 55.1 Å². The van der Waals surface area contributed by atoms with Crippen LogP contribution >= 0.6 is 11.3 Å². The molecule has 2 heterocycles. The third-order valence-corrected chi connectivity index (χ3v) is 4.85. The van der Waals surface area contributed by atoms with Gasteiger partial charge < -0.3 is 10.2 Å². The fraction of sp³-hybridized carbons (Fsp3) is 0.714. The number of hydrogen-bond donors (Lipinski definition) is 1. The van der Waals surface area contributed by atoms with E-state index in [0.29, 0.717) is 6.04 Å². The van der Waals surface area contributed by atoms with Gasteiger partial charge in [0.25, 0.3) is 0 Å². The fourth-order valence-electron chi connectivity index (χ4n) is 2.30. The van der Waals surface area contributed by atoms with Crippen LogP contribution in [0.2, 0.25) is 0 Å². The molecule has 1 fully saturated rings. The second kappa shape index (κ2) is 6.66. The maximum absolute atomic E-state index is 3.63. The highest BCUT2D eigenvalue weighted by Crippen LogP contribution is 2.21. The van der Waals surface area contributed by atoms with Crippen molar-refractivity contribution in [2.24, 2.45) is 0 Å². The minimum Gasteiger partial charge on any atom is -0.308 e. The van der Waals surface area contributed by atoms with E-state index in [0.717, 1.165) is 6.54 Å². The lowest BCUT2D eigenvalue weighted by atomic mass is 10.2. The van der Waals surface area contributed by atoms with Crippen molar-refractivity contribution in [2.45, 2.75) is 19.9 Å². The minimum atomic E-state index is 0.483. The smallest absolute Gasteiger partial charge is 0.0386 e. The van der Waals surface area contributed by atoms with Gasteiger partial charge in [0.2, 0.25) is 0 Å². The second-order valence-electron chi connectivity index (χ2n) is 5.27. The molecule has 3 nitrogen and oxygen atoms in total. The molecule has 1 atom stereocenters. The van der Waals surface area contributed by atoms with Gasteiger partial charge >= 0.3 is 0 Å². The van der Waals surface area contributed by atoms with E-state index < -0.39 is 0 Å². The molecule has 1 aromatic rings. The number of nitrogens with zero attached hydrogens (tertiary/aromatic N) is 2. The number of aryl methyl sites for hydroxylation is 1. The number of likely N-dealkylation sites (N-methyl/N-ethyl adjacent to an activating group) is 1. The molecule has 1 unspecified atom stereocenters. The molecule has 0 aliphatic carbocycles. The average Bonchev–Trinajstić information content (AvgIpc) is 2.78. The molecule has 18 heavy (non-hydrogen) atoms. The van der Waals surface area contributed by atoms with E-state index >= 15 is 0 Å². The predicted molar refractivity (Wildman–Crippen MR) is 79.4 cm³/mol. The summed E-state index contributed by atoms with van der Waals surface area (Å²) in [5.74, 6) is 0. The molecule has 0 saturated carbocycles. The van der Waals surface area contributed by atoms with Gasteiger partial charge in [-0.05, 0) is 33.0 Å². The summed E-state index contributed by atoms with van der Waals surface area (Å²) < 4.78 is 0. The summed E-state index contributed by atoms with van der Waals surface area (Å²) in [5.41, 5.74) is 0. The highest BCUT2D eigenvalue weighted by atomic mass is 32.1. The Kier molecular flexibility index (Phi) is 5.18. The molecule has 1 N–H and O–H groups in total. The molecule has 4 heteroatoms. The van der Waals surface area contributed by atoms with Crippen molar-refractivity contribution in [3.8, 4) is 0 Å². The van der Waals surface area contributed by atoms with Crippen LogP contribution in [0.15, 0.2) is 12.1 Å². The Morgan fingerprint density at radius 3 is 2.61 bits per heavy atom. The Morgan fingerprint density at radius 1 is 1.28 bits per heavy atom. The molecule has 0 aromatic carbocycles. The lowest BCUT2D eigenvalue weighted by Crippen LogP contribution is -2.46. The summed E-state index contributed by atoms with van der Waals surface area (Å²) >= 11 is 1.90. The molecule has 0 radical (unpaired) electrons. The normalized spacial score (nSPS) is 20.2. The third-order valence-electron chi connectivity index (χ3n) is 3.66. The van der Waals surface area contributed by atoms with Crippen molar-refractivity contribution in [2.75, 3.05) is 46.3 Å². The Balaban J connectivity index is 1.66. The number of thiophene rings is 1. The molecule has 0 amide bonds. The number of rotatable bonds is 5. The van der Waals surface area contributed by atoms with Crippen molar-refractivity contribution in [1.29, 1.82) is 0 Å². The zero-order valence-corrected chi connectivity index (χ0v) is 12.6. The molecular formula is C14H25N3S. The van der Waals surface area contributed by atoms with Gasteiger partial charge in [0.05, 0.1) is 0 Å². The Labute approximate surface area is 115 Å². The molecule has 0 spiro atoms. The fourth-order valence-corrected chi connectivity index (χ4v) is 3.20. The van der Waals surface area contributed by atoms with Crippen LogP contribution in [0.25, 0.3) is 0 Å². The van der Waals surface area contributed by atoms with Gasteiger partial charge in [-0.1, -0.05) is 0 Å². The molecule has 1 aromatic heterocycles. The predicted octanol–water partition coefficient (Wildman–Crippen LogP) is 1.95. The second-order valence-corrected chi connectivity index (χ2v) is 6.59. The van der Waals surface area contributed by atoms with Gasteiger partial charge in [0.1, 0.15) is 0 Å². The SMILES string of the molecule is Cc1ccc(C(C)NCCN2CCN(C)CC2)s1. The van der Waals surface area contributed by atoms with Gasteiger partial charge in [-0.3, -0.25) is 4.90 Å². The van der Waals surface area contributed by atoms with Crippen molar-refractivity contribution < 1.29 is 0 Å². The Morgan fingerprint density at radius 2 is 2.00 bits per heavy atom. The summed E-state index contributed by atoms with van der Waals surface area (Å²) in [6.45, 7) is 11.5. The van der Waals surface area contributed by atoms with Crippen molar-refractivity contribution in [3.05, 3.63) is 21.9 Å². The van der Waals surface area contributed by atoms with E-state index in [-0.39, 0.29) is 0 Å². The summed E-state index contributed by atoms with van der Waals surface area (Å²) in [5, 5.41) is 3.63. The molecule has 1 aliphatic rings. The molecule has 1 aliphatic heterocycles. The molecular weight excluding hydrogens is 242 g/mol. The van der Waals surface area contributed by atoms with E-state index in [1.165, 1.54) is 42.5 Å². The number of piperazine rings is 1. The van der Waals surface area contributed by atoms with Gasteiger partial charge in [-0.25, -0.2) is 0 Å². The van der Waals surface area contributed by atoms with Gasteiger partial charge in [-0.2, -0.15) is 0 Å². The zero-order valence-electron chi connectivity index (χ0n) is 11.8. The first-order valence-electron chi connectivity index (χ1n) is 6.86. The van der Waals surface area contributed by atoms with Crippen LogP contribution in [0.1, 0.15) is 22.7 Å². The van der Waals surface area contributed by atoms with E-state index in [2.05, 4.69) is 48.1 Å². The van der Waals surface area contributed by atoms with Gasteiger partial charge in [0.15, 0.2) is 0 Å². The quantitative estimate of drug-likeness (QED) is 0.880. The van der Waals surface area contributed by atoms with E-state index in [1.807, 2.05) is 11.3 Å². The molecule has 2 rings (SSSR count). The third kappa shape index (κ3) is 4.05. The number of nitrogens with one attached hydrogen (secondary N) is 1.